The molecule has 0 N–H and O–H groups in total. The van der Waals surface area contributed by atoms with Crippen LogP contribution in [0, 0.1) is 6.92 Å². The highest BCUT2D eigenvalue weighted by Gasteiger charge is 2.32. The molecule has 25 heavy (non-hydrogen) atoms. The third kappa shape index (κ3) is 3.90. The third-order valence-corrected chi connectivity index (χ3v) is 4.93. The van der Waals surface area contributed by atoms with Crippen LogP contribution in [0.4, 0.5) is 0 Å². The quantitative estimate of drug-likeness (QED) is 0.864. The van der Waals surface area contributed by atoms with Crippen molar-refractivity contribution in [3.05, 3.63) is 71.3 Å². The Morgan fingerprint density at radius 3 is 2.36 bits per heavy atom. The SMILES string of the molecule is CC(=O)N1CCN(C(=O)Cc2ccccc2C)C(c2ccccc2)C1. The summed E-state index contributed by atoms with van der Waals surface area (Å²) in [6.45, 7) is 5.35. The number of hydrogen-bond acceptors (Lipinski definition) is 2. The van der Waals surface area contributed by atoms with E-state index in [2.05, 4.69) is 0 Å². The first-order valence-corrected chi connectivity index (χ1v) is 8.70. The Balaban J connectivity index is 1.83. The van der Waals surface area contributed by atoms with Crippen LogP contribution in [0.1, 0.15) is 29.7 Å². The van der Waals surface area contributed by atoms with Crippen molar-refractivity contribution in [1.82, 2.24) is 9.80 Å². The summed E-state index contributed by atoms with van der Waals surface area (Å²) in [4.78, 5) is 28.6. The molecule has 4 heteroatoms. The van der Waals surface area contributed by atoms with Gasteiger partial charge in [0, 0.05) is 26.6 Å². The van der Waals surface area contributed by atoms with Crippen molar-refractivity contribution in [3.63, 3.8) is 0 Å². The lowest BCUT2D eigenvalue weighted by molar-refractivity contribution is -0.141. The summed E-state index contributed by atoms with van der Waals surface area (Å²) < 4.78 is 0. The number of rotatable bonds is 3. The second kappa shape index (κ2) is 7.51. The van der Waals surface area contributed by atoms with Crippen molar-refractivity contribution in [2.45, 2.75) is 26.3 Å². The largest absolute Gasteiger partial charge is 0.339 e. The number of carbonyl (C=O) groups excluding carboxylic acids is 2. The van der Waals surface area contributed by atoms with E-state index < -0.39 is 0 Å². The number of nitrogens with zero attached hydrogens (tertiary/aromatic N) is 2. The smallest absolute Gasteiger partial charge is 0.227 e. The fraction of sp³-hybridized carbons (Fsp3) is 0.333. The van der Waals surface area contributed by atoms with Gasteiger partial charge >= 0.3 is 0 Å². The Labute approximate surface area is 149 Å². The van der Waals surface area contributed by atoms with Crippen molar-refractivity contribution < 1.29 is 9.59 Å². The minimum absolute atomic E-state index is 0.0620. The molecule has 2 amide bonds. The first-order valence-electron chi connectivity index (χ1n) is 8.70. The van der Waals surface area contributed by atoms with E-state index in [0.29, 0.717) is 26.1 Å². The molecule has 1 saturated heterocycles. The van der Waals surface area contributed by atoms with E-state index in [-0.39, 0.29) is 17.9 Å². The van der Waals surface area contributed by atoms with Crippen LogP contribution in [-0.2, 0) is 16.0 Å². The summed E-state index contributed by atoms with van der Waals surface area (Å²) in [5, 5.41) is 0. The van der Waals surface area contributed by atoms with Gasteiger partial charge in [-0.25, -0.2) is 0 Å². The maximum atomic E-state index is 13.0. The van der Waals surface area contributed by atoms with E-state index in [4.69, 9.17) is 0 Å². The number of aryl methyl sites for hydroxylation is 1. The van der Waals surface area contributed by atoms with Gasteiger partial charge in [0.15, 0.2) is 0 Å². The number of piperazine rings is 1. The zero-order chi connectivity index (χ0) is 17.8. The molecule has 4 nitrogen and oxygen atoms in total. The lowest BCUT2D eigenvalue weighted by Gasteiger charge is -2.41. The summed E-state index contributed by atoms with van der Waals surface area (Å²) >= 11 is 0. The monoisotopic (exact) mass is 336 g/mol. The Bertz CT molecular complexity index is 758. The van der Waals surface area contributed by atoms with Crippen LogP contribution in [-0.4, -0.2) is 41.2 Å². The predicted octanol–water partition coefficient (Wildman–Crippen LogP) is 2.97. The minimum Gasteiger partial charge on any atom is -0.339 e. The fourth-order valence-electron chi connectivity index (χ4n) is 3.40. The van der Waals surface area contributed by atoms with Crippen LogP contribution in [0.15, 0.2) is 54.6 Å². The van der Waals surface area contributed by atoms with Gasteiger partial charge in [-0.2, -0.15) is 0 Å². The molecule has 1 heterocycles. The molecule has 0 aliphatic carbocycles. The average Bonchev–Trinajstić information content (AvgIpc) is 2.63. The number of amides is 2. The highest BCUT2D eigenvalue weighted by molar-refractivity contribution is 5.80. The van der Waals surface area contributed by atoms with Gasteiger partial charge in [-0.3, -0.25) is 9.59 Å². The van der Waals surface area contributed by atoms with E-state index in [9.17, 15) is 9.59 Å². The van der Waals surface area contributed by atoms with Crippen LogP contribution in [0.25, 0.3) is 0 Å². The van der Waals surface area contributed by atoms with Crippen LogP contribution >= 0.6 is 0 Å². The maximum absolute atomic E-state index is 13.0. The van der Waals surface area contributed by atoms with Gasteiger partial charge < -0.3 is 9.80 Å². The molecule has 1 unspecified atom stereocenters. The first kappa shape index (κ1) is 17.2. The van der Waals surface area contributed by atoms with Crippen molar-refractivity contribution in [1.29, 1.82) is 0 Å². The van der Waals surface area contributed by atoms with E-state index in [1.54, 1.807) is 6.92 Å². The molecule has 0 bridgehead atoms. The minimum atomic E-state index is -0.0876. The van der Waals surface area contributed by atoms with Gasteiger partial charge in [-0.1, -0.05) is 54.6 Å². The van der Waals surface area contributed by atoms with Gasteiger partial charge in [0.2, 0.25) is 11.8 Å². The third-order valence-electron chi connectivity index (χ3n) is 4.93. The van der Waals surface area contributed by atoms with Crippen LogP contribution in [0.5, 0.6) is 0 Å². The average molecular weight is 336 g/mol. The first-order chi connectivity index (χ1) is 12.1. The molecule has 0 spiro atoms. The van der Waals surface area contributed by atoms with Crippen LogP contribution in [0.3, 0.4) is 0 Å². The Kier molecular flexibility index (Phi) is 5.17. The Morgan fingerprint density at radius 1 is 1.00 bits per heavy atom. The molecule has 1 aliphatic rings. The highest BCUT2D eigenvalue weighted by atomic mass is 16.2. The van der Waals surface area contributed by atoms with Crippen molar-refractivity contribution in [3.8, 4) is 0 Å². The molecule has 1 aliphatic heterocycles. The zero-order valence-corrected chi connectivity index (χ0v) is 14.8. The van der Waals surface area contributed by atoms with E-state index in [1.807, 2.05) is 71.3 Å². The normalized spacial score (nSPS) is 17.4. The Hall–Kier alpha value is -2.62. The molecular weight excluding hydrogens is 312 g/mol. The number of hydrogen-bond donors (Lipinski definition) is 0. The van der Waals surface area contributed by atoms with Crippen molar-refractivity contribution in [2.24, 2.45) is 0 Å². The second-order valence-corrected chi connectivity index (χ2v) is 6.58. The summed E-state index contributed by atoms with van der Waals surface area (Å²) in [7, 11) is 0. The van der Waals surface area contributed by atoms with E-state index in [1.165, 1.54) is 0 Å². The molecular formula is C21H24N2O2. The highest BCUT2D eigenvalue weighted by Crippen LogP contribution is 2.26. The molecule has 130 valence electrons. The van der Waals surface area contributed by atoms with E-state index in [0.717, 1.165) is 16.7 Å². The number of benzene rings is 2. The second-order valence-electron chi connectivity index (χ2n) is 6.58. The summed E-state index contributed by atoms with van der Waals surface area (Å²) in [6.07, 6.45) is 0.399. The van der Waals surface area contributed by atoms with Gasteiger partial charge in [0.25, 0.3) is 0 Å². The molecule has 0 aromatic heterocycles. The van der Waals surface area contributed by atoms with Gasteiger partial charge in [-0.15, -0.1) is 0 Å². The van der Waals surface area contributed by atoms with E-state index >= 15 is 0 Å². The summed E-state index contributed by atoms with van der Waals surface area (Å²) in [5.74, 6) is 0.179. The van der Waals surface area contributed by atoms with Gasteiger partial charge in [0.1, 0.15) is 0 Å². The van der Waals surface area contributed by atoms with Gasteiger partial charge in [-0.05, 0) is 23.6 Å². The number of carbonyl (C=O) groups is 2. The molecule has 0 radical (unpaired) electrons. The van der Waals surface area contributed by atoms with Crippen molar-refractivity contribution >= 4 is 11.8 Å². The fourth-order valence-corrected chi connectivity index (χ4v) is 3.40. The zero-order valence-electron chi connectivity index (χ0n) is 14.8. The molecule has 1 atom stereocenters. The lowest BCUT2D eigenvalue weighted by atomic mass is 10.00. The molecule has 3 rings (SSSR count). The maximum Gasteiger partial charge on any atom is 0.227 e. The summed E-state index contributed by atoms with van der Waals surface area (Å²) in [6, 6.07) is 17.9. The molecule has 2 aromatic carbocycles. The van der Waals surface area contributed by atoms with Crippen LogP contribution in [0.2, 0.25) is 0 Å². The molecule has 1 fully saturated rings. The van der Waals surface area contributed by atoms with Crippen LogP contribution < -0.4 is 0 Å². The Morgan fingerprint density at radius 2 is 1.68 bits per heavy atom. The topological polar surface area (TPSA) is 40.6 Å². The predicted molar refractivity (Wildman–Crippen MR) is 98.0 cm³/mol. The van der Waals surface area contributed by atoms with Gasteiger partial charge in [0.05, 0.1) is 12.5 Å². The summed E-state index contributed by atoms with van der Waals surface area (Å²) in [5.41, 5.74) is 3.27. The standard InChI is InChI=1S/C21H24N2O2/c1-16-8-6-7-11-19(16)14-21(25)23-13-12-22(17(2)24)15-20(23)18-9-4-3-5-10-18/h3-11,20H,12-15H2,1-2H3. The van der Waals surface area contributed by atoms with Crippen molar-refractivity contribution in [2.75, 3.05) is 19.6 Å². The molecule has 2 aromatic rings. The molecule has 0 saturated carbocycles. The lowest BCUT2D eigenvalue weighted by Crippen LogP contribution is -2.52.